The summed E-state index contributed by atoms with van der Waals surface area (Å²) in [4.78, 5) is 10.5. The van der Waals surface area contributed by atoms with E-state index < -0.39 is 0 Å². The third-order valence-corrected chi connectivity index (χ3v) is 2.66. The molecule has 0 aromatic rings. The number of rotatable bonds is 2. The zero-order valence-corrected chi connectivity index (χ0v) is 8.89. The number of hydrogen-bond acceptors (Lipinski definition) is 2. The van der Waals surface area contributed by atoms with Crippen molar-refractivity contribution in [2.45, 2.75) is 32.6 Å². The SMILES string of the molecule is CC1(COC(=O)I)CCCC1. The van der Waals surface area contributed by atoms with Crippen molar-refractivity contribution in [3.8, 4) is 0 Å². The molecular formula is C8H13IO2. The van der Waals surface area contributed by atoms with E-state index in [1.807, 2.05) is 0 Å². The molecule has 0 spiro atoms. The van der Waals surface area contributed by atoms with E-state index in [2.05, 4.69) is 6.92 Å². The Balaban J connectivity index is 2.28. The van der Waals surface area contributed by atoms with Crippen molar-refractivity contribution in [2.24, 2.45) is 5.41 Å². The van der Waals surface area contributed by atoms with Crippen LogP contribution in [0.1, 0.15) is 32.6 Å². The Morgan fingerprint density at radius 1 is 1.55 bits per heavy atom. The van der Waals surface area contributed by atoms with E-state index in [4.69, 9.17) is 4.74 Å². The molecule has 1 rings (SSSR count). The lowest BCUT2D eigenvalue weighted by Gasteiger charge is -2.21. The molecule has 1 aliphatic carbocycles. The van der Waals surface area contributed by atoms with Crippen molar-refractivity contribution in [3.63, 3.8) is 0 Å². The van der Waals surface area contributed by atoms with Crippen molar-refractivity contribution in [1.29, 1.82) is 0 Å². The van der Waals surface area contributed by atoms with Crippen molar-refractivity contribution in [1.82, 2.24) is 0 Å². The van der Waals surface area contributed by atoms with E-state index in [1.165, 1.54) is 25.7 Å². The normalized spacial score (nSPS) is 21.6. The first-order valence-electron chi connectivity index (χ1n) is 3.95. The van der Waals surface area contributed by atoms with Crippen molar-refractivity contribution >= 4 is 26.6 Å². The molecule has 0 atom stereocenters. The molecule has 1 fully saturated rings. The van der Waals surface area contributed by atoms with Gasteiger partial charge in [0.1, 0.15) is 0 Å². The van der Waals surface area contributed by atoms with E-state index in [0.29, 0.717) is 6.61 Å². The number of carbonyl (C=O) groups is 1. The summed E-state index contributed by atoms with van der Waals surface area (Å²) in [5, 5.41) is 0. The van der Waals surface area contributed by atoms with Gasteiger partial charge in [0, 0.05) is 5.41 Å². The highest BCUT2D eigenvalue weighted by atomic mass is 127. The Hall–Kier alpha value is 0.200. The van der Waals surface area contributed by atoms with Crippen LogP contribution in [0.2, 0.25) is 0 Å². The molecule has 1 saturated carbocycles. The monoisotopic (exact) mass is 268 g/mol. The van der Waals surface area contributed by atoms with Gasteiger partial charge in [-0.2, -0.15) is 0 Å². The van der Waals surface area contributed by atoms with Crippen LogP contribution in [0, 0.1) is 5.41 Å². The van der Waals surface area contributed by atoms with Crippen LogP contribution in [0.5, 0.6) is 0 Å². The Bertz CT molecular complexity index is 150. The van der Waals surface area contributed by atoms with E-state index in [0.717, 1.165) is 0 Å². The van der Waals surface area contributed by atoms with Crippen LogP contribution in [0.15, 0.2) is 0 Å². The molecule has 64 valence electrons. The van der Waals surface area contributed by atoms with Gasteiger partial charge in [-0.1, -0.05) is 19.8 Å². The maximum Gasteiger partial charge on any atom is 0.367 e. The summed E-state index contributed by atoms with van der Waals surface area (Å²) in [7, 11) is 0. The van der Waals surface area contributed by atoms with Crippen LogP contribution in [-0.4, -0.2) is 10.6 Å². The largest absolute Gasteiger partial charge is 0.458 e. The van der Waals surface area contributed by atoms with Gasteiger partial charge in [0.2, 0.25) is 0 Å². The predicted molar refractivity (Wildman–Crippen MR) is 51.9 cm³/mol. The van der Waals surface area contributed by atoms with Crippen LogP contribution in [0.25, 0.3) is 0 Å². The molecule has 0 bridgehead atoms. The van der Waals surface area contributed by atoms with Gasteiger partial charge in [0.25, 0.3) is 0 Å². The predicted octanol–water partition coefficient (Wildman–Crippen LogP) is 3.14. The van der Waals surface area contributed by atoms with Crippen LogP contribution >= 0.6 is 22.6 Å². The van der Waals surface area contributed by atoms with Gasteiger partial charge in [-0.3, -0.25) is 0 Å². The standard InChI is InChI=1S/C8H13IO2/c1-8(4-2-3-5-8)6-11-7(9)10/h2-6H2,1H3. The molecule has 0 aromatic heterocycles. The molecule has 0 aromatic carbocycles. The summed E-state index contributed by atoms with van der Waals surface area (Å²) in [6, 6.07) is 0. The molecule has 0 saturated heterocycles. The first kappa shape index (κ1) is 9.29. The quantitative estimate of drug-likeness (QED) is 0.568. The molecule has 0 amide bonds. The summed E-state index contributed by atoms with van der Waals surface area (Å²) < 4.78 is 4.79. The highest BCUT2D eigenvalue weighted by Gasteiger charge is 2.29. The van der Waals surface area contributed by atoms with Gasteiger partial charge in [0.05, 0.1) is 29.2 Å². The van der Waals surface area contributed by atoms with Crippen molar-refractivity contribution in [3.05, 3.63) is 0 Å². The number of carbonyl (C=O) groups excluding carboxylic acids is 1. The Labute approximate surface area is 80.8 Å². The van der Waals surface area contributed by atoms with E-state index in [1.54, 1.807) is 22.6 Å². The average molecular weight is 268 g/mol. The van der Waals surface area contributed by atoms with E-state index in [9.17, 15) is 4.79 Å². The van der Waals surface area contributed by atoms with Crippen LogP contribution in [0.4, 0.5) is 4.79 Å². The maximum absolute atomic E-state index is 10.5. The second-order valence-corrected chi connectivity index (χ2v) is 4.42. The molecule has 1 aliphatic rings. The maximum atomic E-state index is 10.5. The zero-order valence-electron chi connectivity index (χ0n) is 6.73. The number of hydrogen-bond donors (Lipinski definition) is 0. The summed E-state index contributed by atoms with van der Waals surface area (Å²) in [5.41, 5.74) is 0.279. The van der Waals surface area contributed by atoms with Gasteiger partial charge in [-0.25, -0.2) is 4.79 Å². The third kappa shape index (κ3) is 2.97. The molecule has 0 heterocycles. The second kappa shape index (κ2) is 3.74. The van der Waals surface area contributed by atoms with Crippen LogP contribution in [-0.2, 0) is 4.74 Å². The fraction of sp³-hybridized carbons (Fsp3) is 0.875. The number of halogens is 1. The smallest absolute Gasteiger partial charge is 0.367 e. The second-order valence-electron chi connectivity index (χ2n) is 3.54. The van der Waals surface area contributed by atoms with E-state index >= 15 is 0 Å². The molecule has 0 aliphatic heterocycles. The minimum absolute atomic E-state index is 0.185. The summed E-state index contributed by atoms with van der Waals surface area (Å²) in [6.07, 6.45) is 4.98. The van der Waals surface area contributed by atoms with Crippen molar-refractivity contribution < 1.29 is 9.53 Å². The fourth-order valence-electron chi connectivity index (χ4n) is 1.60. The summed E-state index contributed by atoms with van der Waals surface area (Å²) in [6.45, 7) is 2.80. The molecule has 0 radical (unpaired) electrons. The number of ether oxygens (including phenoxy) is 1. The molecular weight excluding hydrogens is 255 g/mol. The van der Waals surface area contributed by atoms with Gasteiger partial charge in [0.15, 0.2) is 0 Å². The molecule has 0 unspecified atom stereocenters. The minimum atomic E-state index is -0.185. The van der Waals surface area contributed by atoms with Gasteiger partial charge < -0.3 is 4.74 Å². The molecule has 11 heavy (non-hydrogen) atoms. The average Bonchev–Trinajstić information content (AvgIpc) is 2.33. The molecule has 0 N–H and O–H groups in total. The highest BCUT2D eigenvalue weighted by molar-refractivity contribution is 14.1. The van der Waals surface area contributed by atoms with Gasteiger partial charge in [-0.15, -0.1) is 0 Å². The first-order valence-corrected chi connectivity index (χ1v) is 5.03. The minimum Gasteiger partial charge on any atom is -0.458 e. The van der Waals surface area contributed by atoms with Gasteiger partial charge >= 0.3 is 3.98 Å². The topological polar surface area (TPSA) is 26.3 Å². The Morgan fingerprint density at radius 3 is 2.55 bits per heavy atom. The summed E-state index contributed by atoms with van der Waals surface area (Å²) in [5.74, 6) is 0. The Kier molecular flexibility index (Phi) is 3.16. The van der Waals surface area contributed by atoms with Crippen LogP contribution < -0.4 is 0 Å². The lowest BCUT2D eigenvalue weighted by atomic mass is 9.90. The van der Waals surface area contributed by atoms with Gasteiger partial charge in [-0.05, 0) is 12.8 Å². The zero-order chi connectivity index (χ0) is 8.32. The lowest BCUT2D eigenvalue weighted by molar-refractivity contribution is 0.117. The molecule has 3 heteroatoms. The van der Waals surface area contributed by atoms with E-state index in [-0.39, 0.29) is 9.39 Å². The highest BCUT2D eigenvalue weighted by Crippen LogP contribution is 2.37. The third-order valence-electron chi connectivity index (χ3n) is 2.34. The fourth-order valence-corrected chi connectivity index (χ4v) is 1.76. The Morgan fingerprint density at radius 2 is 2.09 bits per heavy atom. The van der Waals surface area contributed by atoms with Crippen LogP contribution in [0.3, 0.4) is 0 Å². The first-order chi connectivity index (χ1) is 5.12. The summed E-state index contributed by atoms with van der Waals surface area (Å²) >= 11 is 1.67. The van der Waals surface area contributed by atoms with Crippen molar-refractivity contribution in [2.75, 3.05) is 6.61 Å². The lowest BCUT2D eigenvalue weighted by Crippen LogP contribution is -2.19. The molecule has 2 nitrogen and oxygen atoms in total.